The number of carbonyl (C=O) groups excluding carboxylic acids is 1. The Morgan fingerprint density at radius 1 is 1.06 bits per heavy atom. The second-order valence-electron chi connectivity index (χ2n) is 7.61. The van der Waals surface area contributed by atoms with E-state index in [1.807, 2.05) is 42.5 Å². The molecule has 0 bridgehead atoms. The molecule has 0 radical (unpaired) electrons. The molecule has 0 saturated carbocycles. The van der Waals surface area contributed by atoms with Crippen molar-refractivity contribution in [2.75, 3.05) is 5.32 Å². The summed E-state index contributed by atoms with van der Waals surface area (Å²) in [5.74, 6) is 0.551. The van der Waals surface area contributed by atoms with Crippen molar-refractivity contribution in [3.63, 3.8) is 0 Å². The summed E-state index contributed by atoms with van der Waals surface area (Å²) in [4.78, 5) is 12.6. The number of hydrogen-bond donors (Lipinski definition) is 1. The number of fused-ring (bicyclic) bond motifs is 1. The summed E-state index contributed by atoms with van der Waals surface area (Å²) in [5, 5.41) is 9.28. The van der Waals surface area contributed by atoms with Crippen molar-refractivity contribution in [2.45, 2.75) is 13.2 Å². The van der Waals surface area contributed by atoms with Crippen LogP contribution in [0.2, 0.25) is 5.02 Å². The van der Waals surface area contributed by atoms with Crippen molar-refractivity contribution in [1.82, 2.24) is 9.78 Å². The maximum absolute atomic E-state index is 14.0. The van der Waals surface area contributed by atoms with Crippen molar-refractivity contribution < 1.29 is 18.3 Å². The number of halogens is 2. The standard InChI is InChI=1S/C26H19ClFN3O3/c27-22-8-4-9-23(28)21(22)15-31-14-18(13-29-31)30-26(32)25-12-11-19(34-25)16-33-24-10-3-6-17-5-1-2-7-20(17)24/h1-14H,15-16H2,(H,30,32). The minimum atomic E-state index is -0.431. The van der Waals surface area contributed by atoms with Crippen LogP contribution in [0.4, 0.5) is 10.1 Å². The molecule has 0 saturated heterocycles. The lowest BCUT2D eigenvalue weighted by Crippen LogP contribution is -2.10. The van der Waals surface area contributed by atoms with Crippen molar-refractivity contribution in [3.05, 3.63) is 113 Å². The van der Waals surface area contributed by atoms with E-state index in [4.69, 9.17) is 20.8 Å². The van der Waals surface area contributed by atoms with Crippen LogP contribution in [0.25, 0.3) is 10.8 Å². The molecular formula is C26H19ClFN3O3. The van der Waals surface area contributed by atoms with E-state index in [9.17, 15) is 9.18 Å². The van der Waals surface area contributed by atoms with Gasteiger partial charge in [0.05, 0.1) is 18.4 Å². The Morgan fingerprint density at radius 3 is 2.76 bits per heavy atom. The fourth-order valence-electron chi connectivity index (χ4n) is 3.60. The summed E-state index contributed by atoms with van der Waals surface area (Å²) < 4.78 is 27.1. The van der Waals surface area contributed by atoms with E-state index < -0.39 is 11.7 Å². The van der Waals surface area contributed by atoms with Gasteiger partial charge in [0.2, 0.25) is 0 Å². The highest BCUT2D eigenvalue weighted by Gasteiger charge is 2.14. The van der Waals surface area contributed by atoms with Gasteiger partial charge >= 0.3 is 0 Å². The molecule has 34 heavy (non-hydrogen) atoms. The Labute approximate surface area is 199 Å². The van der Waals surface area contributed by atoms with Crippen LogP contribution in [0.5, 0.6) is 5.75 Å². The summed E-state index contributed by atoms with van der Waals surface area (Å²) in [5.41, 5.74) is 0.773. The molecule has 2 heterocycles. The van der Waals surface area contributed by atoms with E-state index >= 15 is 0 Å². The highest BCUT2D eigenvalue weighted by Crippen LogP contribution is 2.26. The second-order valence-corrected chi connectivity index (χ2v) is 8.02. The van der Waals surface area contributed by atoms with E-state index in [-0.39, 0.29) is 18.9 Å². The fourth-order valence-corrected chi connectivity index (χ4v) is 3.82. The van der Waals surface area contributed by atoms with Gasteiger partial charge in [0.15, 0.2) is 5.76 Å². The second kappa shape index (κ2) is 9.41. The van der Waals surface area contributed by atoms with E-state index in [0.29, 0.717) is 22.0 Å². The third-order valence-corrected chi connectivity index (χ3v) is 5.63. The number of furan rings is 1. The first-order valence-corrected chi connectivity index (χ1v) is 10.9. The monoisotopic (exact) mass is 475 g/mol. The van der Waals surface area contributed by atoms with Crippen molar-refractivity contribution in [2.24, 2.45) is 0 Å². The van der Waals surface area contributed by atoms with Gasteiger partial charge < -0.3 is 14.5 Å². The predicted molar refractivity (Wildman–Crippen MR) is 128 cm³/mol. The number of benzene rings is 3. The minimum Gasteiger partial charge on any atom is -0.485 e. The molecule has 5 rings (SSSR count). The third-order valence-electron chi connectivity index (χ3n) is 5.28. The summed E-state index contributed by atoms with van der Waals surface area (Å²) >= 11 is 6.07. The first-order chi connectivity index (χ1) is 16.6. The van der Waals surface area contributed by atoms with Crippen LogP contribution in [-0.4, -0.2) is 15.7 Å². The lowest BCUT2D eigenvalue weighted by molar-refractivity contribution is 0.0992. The molecule has 0 aliphatic heterocycles. The van der Waals surface area contributed by atoms with E-state index in [2.05, 4.69) is 10.4 Å². The molecule has 0 fully saturated rings. The highest BCUT2D eigenvalue weighted by atomic mass is 35.5. The van der Waals surface area contributed by atoms with Gasteiger partial charge in [0.25, 0.3) is 5.91 Å². The molecular weight excluding hydrogens is 457 g/mol. The van der Waals surface area contributed by atoms with Crippen molar-refractivity contribution >= 4 is 34.0 Å². The normalized spacial score (nSPS) is 11.0. The Morgan fingerprint density at radius 2 is 1.88 bits per heavy atom. The number of ether oxygens (including phenoxy) is 1. The zero-order valence-corrected chi connectivity index (χ0v) is 18.6. The topological polar surface area (TPSA) is 69.3 Å². The quantitative estimate of drug-likeness (QED) is 0.300. The molecule has 1 amide bonds. The molecule has 0 aliphatic rings. The number of aromatic nitrogens is 2. The zero-order valence-electron chi connectivity index (χ0n) is 17.9. The van der Waals surface area contributed by atoms with Crippen LogP contribution in [0, 0.1) is 5.82 Å². The van der Waals surface area contributed by atoms with E-state index in [0.717, 1.165) is 16.5 Å². The highest BCUT2D eigenvalue weighted by molar-refractivity contribution is 6.31. The molecule has 5 aromatic rings. The average molecular weight is 476 g/mol. The Bertz CT molecular complexity index is 1450. The van der Waals surface area contributed by atoms with Gasteiger partial charge in [-0.25, -0.2) is 4.39 Å². The number of carbonyl (C=O) groups is 1. The lowest BCUT2D eigenvalue weighted by atomic mass is 10.1. The molecule has 1 N–H and O–H groups in total. The Kier molecular flexibility index (Phi) is 6.01. The van der Waals surface area contributed by atoms with Crippen LogP contribution in [-0.2, 0) is 13.2 Å². The molecule has 0 unspecified atom stereocenters. The van der Waals surface area contributed by atoms with Gasteiger partial charge in [-0.05, 0) is 35.7 Å². The zero-order chi connectivity index (χ0) is 23.5. The first-order valence-electron chi connectivity index (χ1n) is 10.5. The van der Waals surface area contributed by atoms with Crippen LogP contribution in [0.3, 0.4) is 0 Å². The molecule has 6 nitrogen and oxygen atoms in total. The van der Waals surface area contributed by atoms with Crippen LogP contribution >= 0.6 is 11.6 Å². The smallest absolute Gasteiger partial charge is 0.291 e. The molecule has 0 aliphatic carbocycles. The number of anilines is 1. The molecule has 3 aromatic carbocycles. The van der Waals surface area contributed by atoms with Gasteiger partial charge in [-0.2, -0.15) is 5.10 Å². The van der Waals surface area contributed by atoms with E-state index in [1.165, 1.54) is 16.9 Å². The first kappa shape index (κ1) is 21.7. The maximum atomic E-state index is 14.0. The average Bonchev–Trinajstić information content (AvgIpc) is 3.50. The predicted octanol–water partition coefficient (Wildman–Crippen LogP) is 6.30. The molecule has 170 valence electrons. The van der Waals surface area contributed by atoms with Gasteiger partial charge in [-0.15, -0.1) is 0 Å². The van der Waals surface area contributed by atoms with Gasteiger partial charge in [0.1, 0.15) is 23.9 Å². The summed E-state index contributed by atoms with van der Waals surface area (Å²) in [6.07, 6.45) is 3.06. The van der Waals surface area contributed by atoms with Gasteiger partial charge in [-0.1, -0.05) is 54.1 Å². The van der Waals surface area contributed by atoms with Crippen molar-refractivity contribution in [3.8, 4) is 5.75 Å². The fraction of sp³-hybridized carbons (Fsp3) is 0.0769. The lowest BCUT2D eigenvalue weighted by Gasteiger charge is -2.08. The number of nitrogens with zero attached hydrogens (tertiary/aromatic N) is 2. The number of amides is 1. The van der Waals surface area contributed by atoms with Crippen LogP contribution < -0.4 is 10.1 Å². The number of rotatable bonds is 7. The van der Waals surface area contributed by atoms with Gasteiger partial charge in [-0.3, -0.25) is 9.48 Å². The van der Waals surface area contributed by atoms with E-state index in [1.54, 1.807) is 30.5 Å². The summed E-state index contributed by atoms with van der Waals surface area (Å²) in [6.45, 7) is 0.320. The third kappa shape index (κ3) is 4.65. The summed E-state index contributed by atoms with van der Waals surface area (Å²) in [7, 11) is 0. The van der Waals surface area contributed by atoms with Crippen LogP contribution in [0.1, 0.15) is 21.9 Å². The van der Waals surface area contributed by atoms with Crippen LogP contribution in [0.15, 0.2) is 89.6 Å². The number of nitrogens with one attached hydrogen (secondary N) is 1. The number of hydrogen-bond acceptors (Lipinski definition) is 4. The van der Waals surface area contributed by atoms with Crippen molar-refractivity contribution in [1.29, 1.82) is 0 Å². The SMILES string of the molecule is O=C(Nc1cnn(Cc2c(F)cccc2Cl)c1)c1ccc(COc2cccc3ccccc23)o1. The largest absolute Gasteiger partial charge is 0.485 e. The molecule has 2 aromatic heterocycles. The molecule has 0 spiro atoms. The van der Waals surface area contributed by atoms with Gasteiger partial charge in [0, 0.05) is 22.2 Å². The molecule has 8 heteroatoms. The minimum absolute atomic E-state index is 0.137. The Balaban J connectivity index is 1.21. The Hall–Kier alpha value is -4.10. The maximum Gasteiger partial charge on any atom is 0.291 e. The summed E-state index contributed by atoms with van der Waals surface area (Å²) in [6, 6.07) is 21.6. The molecule has 0 atom stereocenters.